The fourth-order valence-electron chi connectivity index (χ4n) is 2.46. The molecule has 2 rings (SSSR count). The first kappa shape index (κ1) is 12.6. The van der Waals surface area contributed by atoms with E-state index in [1.165, 1.54) is 19.4 Å². The number of nitrogens with zero attached hydrogens (tertiary/aromatic N) is 3. The second-order valence-electron chi connectivity index (χ2n) is 4.96. The predicted molar refractivity (Wildman–Crippen MR) is 70.0 cm³/mol. The van der Waals surface area contributed by atoms with Crippen LogP contribution < -0.4 is 5.32 Å². The van der Waals surface area contributed by atoms with Crippen molar-refractivity contribution in [1.82, 2.24) is 20.0 Å². The fraction of sp³-hybridized carbons (Fsp3) is 0.769. The maximum absolute atomic E-state index is 4.26. The fourth-order valence-corrected chi connectivity index (χ4v) is 2.46. The summed E-state index contributed by atoms with van der Waals surface area (Å²) >= 11 is 0. The molecule has 0 spiro atoms. The molecule has 2 atom stereocenters. The zero-order chi connectivity index (χ0) is 12.1. The van der Waals surface area contributed by atoms with E-state index in [4.69, 9.17) is 0 Å². The standard InChI is InChI=1S/C13H24N4/c1-3-13-11-16(12(2)5-7-14-13)9-10-17-8-4-6-15-17/h4,6,8,12-14H,3,5,7,9-11H2,1-2H3. The van der Waals surface area contributed by atoms with Crippen molar-refractivity contribution in [2.75, 3.05) is 19.6 Å². The lowest BCUT2D eigenvalue weighted by atomic mass is 10.2. The van der Waals surface area contributed by atoms with Gasteiger partial charge in [-0.05, 0) is 32.4 Å². The molecule has 1 aliphatic heterocycles. The van der Waals surface area contributed by atoms with Crippen molar-refractivity contribution >= 4 is 0 Å². The van der Waals surface area contributed by atoms with Gasteiger partial charge in [-0.2, -0.15) is 5.10 Å². The van der Waals surface area contributed by atoms with Crippen molar-refractivity contribution in [1.29, 1.82) is 0 Å². The first-order chi connectivity index (χ1) is 8.29. The van der Waals surface area contributed by atoms with Gasteiger partial charge in [0.1, 0.15) is 0 Å². The normalized spacial score (nSPS) is 26.9. The Labute approximate surface area is 104 Å². The van der Waals surface area contributed by atoms with E-state index in [0.29, 0.717) is 12.1 Å². The molecule has 1 fully saturated rings. The Hall–Kier alpha value is -0.870. The van der Waals surface area contributed by atoms with Crippen LogP contribution >= 0.6 is 0 Å². The van der Waals surface area contributed by atoms with Gasteiger partial charge in [0.05, 0.1) is 6.54 Å². The molecule has 0 aliphatic carbocycles. The van der Waals surface area contributed by atoms with Crippen molar-refractivity contribution in [3.63, 3.8) is 0 Å². The Morgan fingerprint density at radius 3 is 3.00 bits per heavy atom. The molecule has 1 aromatic heterocycles. The van der Waals surface area contributed by atoms with Gasteiger partial charge >= 0.3 is 0 Å². The van der Waals surface area contributed by atoms with Crippen LogP contribution in [0.25, 0.3) is 0 Å². The number of aromatic nitrogens is 2. The topological polar surface area (TPSA) is 33.1 Å². The molecule has 96 valence electrons. The third-order valence-corrected chi connectivity index (χ3v) is 3.74. The smallest absolute Gasteiger partial charge is 0.0536 e. The predicted octanol–water partition coefficient (Wildman–Crippen LogP) is 1.35. The van der Waals surface area contributed by atoms with E-state index in [1.807, 2.05) is 23.1 Å². The average Bonchev–Trinajstić information content (AvgIpc) is 2.78. The van der Waals surface area contributed by atoms with E-state index in [2.05, 4.69) is 29.2 Å². The van der Waals surface area contributed by atoms with Gasteiger partial charge in [-0.3, -0.25) is 9.58 Å². The van der Waals surface area contributed by atoms with Gasteiger partial charge in [-0.1, -0.05) is 6.92 Å². The van der Waals surface area contributed by atoms with Crippen LogP contribution in [0.1, 0.15) is 26.7 Å². The number of hydrogen-bond acceptors (Lipinski definition) is 3. The molecule has 1 N–H and O–H groups in total. The largest absolute Gasteiger partial charge is 0.313 e. The van der Waals surface area contributed by atoms with Crippen LogP contribution in [0.4, 0.5) is 0 Å². The Balaban J connectivity index is 1.87. The van der Waals surface area contributed by atoms with Crippen molar-refractivity contribution in [2.45, 2.75) is 45.3 Å². The minimum atomic E-state index is 0.651. The molecule has 0 bridgehead atoms. The van der Waals surface area contributed by atoms with E-state index in [0.717, 1.165) is 19.6 Å². The molecule has 2 unspecified atom stereocenters. The highest BCUT2D eigenvalue weighted by Gasteiger charge is 2.21. The van der Waals surface area contributed by atoms with Gasteiger partial charge in [-0.15, -0.1) is 0 Å². The van der Waals surface area contributed by atoms with E-state index in [1.54, 1.807) is 0 Å². The van der Waals surface area contributed by atoms with Crippen molar-refractivity contribution < 1.29 is 0 Å². The van der Waals surface area contributed by atoms with E-state index in [-0.39, 0.29) is 0 Å². The van der Waals surface area contributed by atoms with Crippen molar-refractivity contribution in [3.05, 3.63) is 18.5 Å². The minimum Gasteiger partial charge on any atom is -0.313 e. The molecule has 4 nitrogen and oxygen atoms in total. The maximum atomic E-state index is 4.26. The zero-order valence-corrected chi connectivity index (χ0v) is 11.0. The van der Waals surface area contributed by atoms with Gasteiger partial charge in [0.25, 0.3) is 0 Å². The Morgan fingerprint density at radius 2 is 2.29 bits per heavy atom. The summed E-state index contributed by atoms with van der Waals surface area (Å²) in [5, 5.41) is 7.88. The minimum absolute atomic E-state index is 0.651. The summed E-state index contributed by atoms with van der Waals surface area (Å²) in [7, 11) is 0. The van der Waals surface area contributed by atoms with E-state index < -0.39 is 0 Å². The molecule has 2 heterocycles. The summed E-state index contributed by atoms with van der Waals surface area (Å²) in [6.07, 6.45) is 6.35. The summed E-state index contributed by atoms with van der Waals surface area (Å²) in [6.45, 7) is 9.01. The summed E-state index contributed by atoms with van der Waals surface area (Å²) < 4.78 is 2.02. The summed E-state index contributed by atoms with van der Waals surface area (Å²) in [5.41, 5.74) is 0. The Kier molecular flexibility index (Phi) is 4.57. The second kappa shape index (κ2) is 6.17. The molecule has 0 amide bonds. The van der Waals surface area contributed by atoms with Gasteiger partial charge in [0, 0.05) is 37.6 Å². The molecule has 4 heteroatoms. The van der Waals surface area contributed by atoms with Crippen molar-refractivity contribution in [3.8, 4) is 0 Å². The maximum Gasteiger partial charge on any atom is 0.0536 e. The highest BCUT2D eigenvalue weighted by Crippen LogP contribution is 2.10. The third-order valence-electron chi connectivity index (χ3n) is 3.74. The van der Waals surface area contributed by atoms with Crippen LogP contribution in [0, 0.1) is 0 Å². The number of nitrogens with one attached hydrogen (secondary N) is 1. The molecule has 17 heavy (non-hydrogen) atoms. The SMILES string of the molecule is CCC1CN(CCn2cccn2)C(C)CCN1. The lowest BCUT2D eigenvalue weighted by Gasteiger charge is -2.28. The molecular weight excluding hydrogens is 212 g/mol. The molecule has 1 aliphatic rings. The molecule has 0 aromatic carbocycles. The van der Waals surface area contributed by atoms with E-state index in [9.17, 15) is 0 Å². The molecule has 0 saturated carbocycles. The lowest BCUT2D eigenvalue weighted by Crippen LogP contribution is -2.41. The van der Waals surface area contributed by atoms with Gasteiger partial charge in [0.2, 0.25) is 0 Å². The first-order valence-corrected chi connectivity index (χ1v) is 6.74. The monoisotopic (exact) mass is 236 g/mol. The summed E-state index contributed by atoms with van der Waals surface area (Å²) in [5.74, 6) is 0. The highest BCUT2D eigenvalue weighted by atomic mass is 15.3. The number of hydrogen-bond donors (Lipinski definition) is 1. The van der Waals surface area contributed by atoms with Crippen LogP contribution in [0.3, 0.4) is 0 Å². The van der Waals surface area contributed by atoms with Gasteiger partial charge in [-0.25, -0.2) is 0 Å². The van der Waals surface area contributed by atoms with Gasteiger partial charge in [0.15, 0.2) is 0 Å². The first-order valence-electron chi connectivity index (χ1n) is 6.74. The summed E-state index contributed by atoms with van der Waals surface area (Å²) in [4.78, 5) is 2.59. The third kappa shape index (κ3) is 3.54. The molecule has 0 radical (unpaired) electrons. The van der Waals surface area contributed by atoms with Crippen LogP contribution in [-0.2, 0) is 6.54 Å². The number of rotatable bonds is 4. The lowest BCUT2D eigenvalue weighted by molar-refractivity contribution is 0.193. The highest BCUT2D eigenvalue weighted by molar-refractivity contribution is 4.82. The second-order valence-corrected chi connectivity index (χ2v) is 4.96. The Bertz CT molecular complexity index is 309. The molecule has 1 saturated heterocycles. The molecule has 1 aromatic rings. The van der Waals surface area contributed by atoms with Crippen LogP contribution in [0.5, 0.6) is 0 Å². The average molecular weight is 236 g/mol. The van der Waals surface area contributed by atoms with Crippen LogP contribution in [-0.4, -0.2) is 46.4 Å². The van der Waals surface area contributed by atoms with Crippen LogP contribution in [0.2, 0.25) is 0 Å². The Morgan fingerprint density at radius 1 is 1.41 bits per heavy atom. The van der Waals surface area contributed by atoms with Crippen LogP contribution in [0.15, 0.2) is 18.5 Å². The van der Waals surface area contributed by atoms with Gasteiger partial charge < -0.3 is 5.32 Å². The zero-order valence-electron chi connectivity index (χ0n) is 11.0. The van der Waals surface area contributed by atoms with Crippen molar-refractivity contribution in [2.24, 2.45) is 0 Å². The summed E-state index contributed by atoms with van der Waals surface area (Å²) in [6, 6.07) is 3.31. The van der Waals surface area contributed by atoms with E-state index >= 15 is 0 Å². The molecular formula is C13H24N4. The quantitative estimate of drug-likeness (QED) is 0.856.